The zero-order chi connectivity index (χ0) is 24.9. The number of nitrogens with zero attached hydrogens (tertiary/aromatic N) is 5. The van der Waals surface area contributed by atoms with Gasteiger partial charge in [0, 0.05) is 36.4 Å². The summed E-state index contributed by atoms with van der Waals surface area (Å²) < 4.78 is 6.17. The topological polar surface area (TPSA) is 91.8 Å². The van der Waals surface area contributed by atoms with Crippen LogP contribution in [0.5, 0.6) is 5.75 Å². The number of ether oxygens (including phenoxy) is 1. The maximum absolute atomic E-state index is 6.31. The van der Waals surface area contributed by atoms with Crippen molar-refractivity contribution in [3.8, 4) is 17.1 Å². The van der Waals surface area contributed by atoms with Crippen LogP contribution in [0.25, 0.3) is 22.3 Å². The summed E-state index contributed by atoms with van der Waals surface area (Å²) in [6, 6.07) is 9.74. The highest BCUT2D eigenvalue weighted by Crippen LogP contribution is 2.35. The van der Waals surface area contributed by atoms with E-state index in [0.717, 1.165) is 48.0 Å². The molecule has 1 aliphatic heterocycles. The minimum atomic E-state index is -0.360. The molecule has 0 unspecified atom stereocenters. The largest absolute Gasteiger partial charge is 0.486 e. The van der Waals surface area contributed by atoms with Crippen LogP contribution in [-0.2, 0) is 0 Å². The van der Waals surface area contributed by atoms with Gasteiger partial charge in [0.25, 0.3) is 0 Å². The third-order valence-electron chi connectivity index (χ3n) is 6.96. The second-order valence-electron chi connectivity index (χ2n) is 10.1. The van der Waals surface area contributed by atoms with E-state index in [0.29, 0.717) is 27.1 Å². The van der Waals surface area contributed by atoms with Gasteiger partial charge in [-0.1, -0.05) is 23.2 Å². The zero-order valence-electron chi connectivity index (χ0n) is 20.1. The second-order valence-corrected chi connectivity index (χ2v) is 10.9. The van der Waals surface area contributed by atoms with E-state index in [1.54, 1.807) is 12.4 Å². The summed E-state index contributed by atoms with van der Waals surface area (Å²) in [6.07, 6.45) is 5.49. The molecule has 1 aliphatic carbocycles. The molecule has 0 radical (unpaired) electrons. The van der Waals surface area contributed by atoms with Gasteiger partial charge in [0.1, 0.15) is 23.2 Å². The first-order chi connectivity index (χ1) is 17.4. The first-order valence-electron chi connectivity index (χ1n) is 12.2. The highest BCUT2D eigenvalue weighted by Gasteiger charge is 2.40. The lowest BCUT2D eigenvalue weighted by atomic mass is 9.92. The highest BCUT2D eigenvalue weighted by atomic mass is 35.5. The predicted octanol–water partition coefficient (Wildman–Crippen LogP) is 5.44. The molecule has 1 saturated heterocycles. The maximum atomic E-state index is 6.31. The van der Waals surface area contributed by atoms with Crippen LogP contribution in [0.2, 0.25) is 10.0 Å². The van der Waals surface area contributed by atoms with Gasteiger partial charge in [0.05, 0.1) is 21.1 Å². The smallest absolute Gasteiger partial charge is 0.151 e. The van der Waals surface area contributed by atoms with Gasteiger partial charge in [-0.05, 0) is 69.5 Å². The number of pyridine rings is 1. The van der Waals surface area contributed by atoms with Crippen molar-refractivity contribution in [2.75, 3.05) is 24.5 Å². The monoisotopic (exact) mass is 523 g/mol. The van der Waals surface area contributed by atoms with Crippen molar-refractivity contribution in [1.82, 2.24) is 30.7 Å². The Kier molecular flexibility index (Phi) is 5.98. The number of aromatic nitrogens is 5. The summed E-state index contributed by atoms with van der Waals surface area (Å²) in [5.41, 5.74) is 3.16. The van der Waals surface area contributed by atoms with Crippen molar-refractivity contribution in [2.45, 2.75) is 38.3 Å². The van der Waals surface area contributed by atoms with Crippen LogP contribution in [0, 0.1) is 5.92 Å². The molecule has 2 fully saturated rings. The number of hydrogen-bond donors (Lipinski definition) is 2. The van der Waals surface area contributed by atoms with Crippen LogP contribution < -0.4 is 15.0 Å². The predicted molar refractivity (Wildman–Crippen MR) is 142 cm³/mol. The minimum Gasteiger partial charge on any atom is -0.486 e. The first kappa shape index (κ1) is 23.5. The Hall–Kier alpha value is -2.94. The van der Waals surface area contributed by atoms with Crippen LogP contribution in [-0.4, -0.2) is 50.6 Å². The van der Waals surface area contributed by atoms with Crippen LogP contribution in [0.1, 0.15) is 38.4 Å². The molecule has 0 bridgehead atoms. The molecular weight excluding hydrogens is 497 g/mol. The molecule has 1 atom stereocenters. The van der Waals surface area contributed by atoms with Crippen molar-refractivity contribution < 1.29 is 4.74 Å². The number of benzene rings is 1. The summed E-state index contributed by atoms with van der Waals surface area (Å²) >= 11 is 12.6. The highest BCUT2D eigenvalue weighted by molar-refractivity contribution is 6.35. The fourth-order valence-corrected chi connectivity index (χ4v) is 5.41. The molecular formula is C26H27Cl2N7O. The standard InChI is InChI=1S/C26H27Cl2N7O/c1-15(24-19(27)11-29-12-20(24)28)36-17-5-6-21-18(9-17)25(34-31-21)22-7-8-23(33-32-22)35-13-26(2,14-35)30-10-16-3-4-16/h5-9,11-12,15-16,30H,3-4,10,13-14H2,1-2H3,(H,31,34)/t15-/m1/s1. The van der Waals surface area contributed by atoms with E-state index in [-0.39, 0.29) is 11.6 Å². The van der Waals surface area contributed by atoms with E-state index < -0.39 is 0 Å². The molecule has 2 N–H and O–H groups in total. The lowest BCUT2D eigenvalue weighted by molar-refractivity contribution is 0.227. The fourth-order valence-electron chi connectivity index (χ4n) is 4.74. The van der Waals surface area contributed by atoms with Gasteiger partial charge in [0.2, 0.25) is 0 Å². The summed E-state index contributed by atoms with van der Waals surface area (Å²) in [5, 5.41) is 22.1. The second kappa shape index (κ2) is 9.18. The van der Waals surface area contributed by atoms with Gasteiger partial charge in [0.15, 0.2) is 5.82 Å². The van der Waals surface area contributed by atoms with E-state index in [1.807, 2.05) is 37.3 Å². The van der Waals surface area contributed by atoms with Gasteiger partial charge < -0.3 is 15.0 Å². The third kappa shape index (κ3) is 4.61. The Morgan fingerprint density at radius 3 is 2.61 bits per heavy atom. The number of hydrogen-bond acceptors (Lipinski definition) is 7. The molecule has 3 aromatic heterocycles. The normalized spacial score (nSPS) is 17.7. The van der Waals surface area contributed by atoms with Gasteiger partial charge in [-0.2, -0.15) is 5.10 Å². The molecule has 10 heteroatoms. The summed E-state index contributed by atoms with van der Waals surface area (Å²) in [5.74, 6) is 2.43. The molecule has 1 saturated carbocycles. The lowest BCUT2D eigenvalue weighted by Crippen LogP contribution is -2.68. The lowest BCUT2D eigenvalue weighted by Gasteiger charge is -2.49. The SMILES string of the molecule is C[C@@H](Oc1ccc2[nH]nc(-c3ccc(N4CC(C)(NCC5CC5)C4)nn3)c2c1)c1c(Cl)cncc1Cl. The van der Waals surface area contributed by atoms with Crippen LogP contribution in [0.4, 0.5) is 5.82 Å². The number of H-pyrrole nitrogens is 1. The summed E-state index contributed by atoms with van der Waals surface area (Å²) in [7, 11) is 0. The van der Waals surface area contributed by atoms with E-state index in [9.17, 15) is 0 Å². The number of halogens is 2. The molecule has 186 valence electrons. The van der Waals surface area contributed by atoms with Gasteiger partial charge in [-0.25, -0.2) is 0 Å². The zero-order valence-corrected chi connectivity index (χ0v) is 21.6. The molecule has 36 heavy (non-hydrogen) atoms. The fraction of sp³-hybridized carbons (Fsp3) is 0.385. The maximum Gasteiger partial charge on any atom is 0.151 e. The van der Waals surface area contributed by atoms with Gasteiger partial charge >= 0.3 is 0 Å². The Labute approximate surface area is 219 Å². The van der Waals surface area contributed by atoms with Crippen molar-refractivity contribution in [2.24, 2.45) is 5.92 Å². The Morgan fingerprint density at radius 2 is 1.92 bits per heavy atom. The number of anilines is 1. The first-order valence-corrected chi connectivity index (χ1v) is 12.9. The molecule has 8 nitrogen and oxygen atoms in total. The van der Waals surface area contributed by atoms with Crippen molar-refractivity contribution >= 4 is 39.9 Å². The van der Waals surface area contributed by atoms with E-state index in [2.05, 4.69) is 42.5 Å². The number of nitrogens with one attached hydrogen (secondary N) is 2. The molecule has 6 rings (SSSR count). The minimum absolute atomic E-state index is 0.152. The molecule has 0 amide bonds. The van der Waals surface area contributed by atoms with E-state index in [1.165, 1.54) is 12.8 Å². The van der Waals surface area contributed by atoms with Crippen LogP contribution in [0.3, 0.4) is 0 Å². The van der Waals surface area contributed by atoms with Crippen LogP contribution in [0.15, 0.2) is 42.7 Å². The number of fused-ring (bicyclic) bond motifs is 1. The van der Waals surface area contributed by atoms with E-state index in [4.69, 9.17) is 27.9 Å². The Morgan fingerprint density at radius 1 is 1.14 bits per heavy atom. The molecule has 4 heterocycles. The van der Waals surface area contributed by atoms with Gasteiger partial charge in [-0.15, -0.1) is 10.2 Å². The van der Waals surface area contributed by atoms with Gasteiger partial charge in [-0.3, -0.25) is 10.1 Å². The summed E-state index contributed by atoms with van der Waals surface area (Å²) in [4.78, 5) is 6.26. The van der Waals surface area contributed by atoms with Crippen molar-refractivity contribution in [1.29, 1.82) is 0 Å². The Bertz CT molecular complexity index is 1380. The van der Waals surface area contributed by atoms with Crippen molar-refractivity contribution in [3.63, 3.8) is 0 Å². The average molecular weight is 524 g/mol. The average Bonchev–Trinajstić information content (AvgIpc) is 3.59. The van der Waals surface area contributed by atoms with E-state index >= 15 is 0 Å². The molecule has 4 aromatic rings. The van der Waals surface area contributed by atoms with Crippen LogP contribution >= 0.6 is 23.2 Å². The quantitative estimate of drug-likeness (QED) is 0.317. The third-order valence-corrected chi connectivity index (χ3v) is 7.56. The van der Waals surface area contributed by atoms with Crippen molar-refractivity contribution in [3.05, 3.63) is 58.3 Å². The number of rotatable bonds is 8. The Balaban J connectivity index is 1.18. The number of aromatic amines is 1. The molecule has 1 aromatic carbocycles. The molecule has 0 spiro atoms. The summed E-state index contributed by atoms with van der Waals surface area (Å²) in [6.45, 7) is 7.17. The molecule has 2 aliphatic rings.